The van der Waals surface area contributed by atoms with Gasteiger partial charge in [0.2, 0.25) is 0 Å². The number of pyridine rings is 1. The predicted molar refractivity (Wildman–Crippen MR) is 124 cm³/mol. The summed E-state index contributed by atoms with van der Waals surface area (Å²) in [7, 11) is 0. The summed E-state index contributed by atoms with van der Waals surface area (Å²) in [6.45, 7) is 2.18. The smallest absolute Gasteiger partial charge is 0.407 e. The minimum absolute atomic E-state index is 0.172. The average Bonchev–Trinajstić information content (AvgIpc) is 3.47. The van der Waals surface area contributed by atoms with Gasteiger partial charge in [-0.05, 0) is 37.1 Å². The Hall–Kier alpha value is -3.17. The highest BCUT2D eigenvalue weighted by Gasteiger charge is 2.28. The molecule has 2 aliphatic rings. The zero-order chi connectivity index (χ0) is 23.8. The Labute approximate surface area is 200 Å². The molecule has 2 fully saturated rings. The van der Waals surface area contributed by atoms with Crippen LogP contribution in [0.4, 0.5) is 9.18 Å². The highest BCUT2D eigenvalue weighted by Crippen LogP contribution is 2.30. The van der Waals surface area contributed by atoms with Crippen LogP contribution in [0.3, 0.4) is 0 Å². The molecule has 0 aliphatic carbocycles. The zero-order valence-electron chi connectivity index (χ0n) is 18.4. The van der Waals surface area contributed by atoms with Crippen molar-refractivity contribution in [1.82, 2.24) is 19.2 Å². The van der Waals surface area contributed by atoms with Crippen LogP contribution in [0.25, 0.3) is 16.9 Å². The van der Waals surface area contributed by atoms with Gasteiger partial charge in [0.15, 0.2) is 0 Å². The fraction of sp³-hybridized carbons (Fsp3) is 0.375. The van der Waals surface area contributed by atoms with Crippen molar-refractivity contribution in [2.45, 2.75) is 25.4 Å². The first kappa shape index (κ1) is 22.6. The number of nitrogens with zero attached hydrogens (tertiary/aromatic N) is 4. The number of hydrogen-bond donors (Lipinski definition) is 1. The van der Waals surface area contributed by atoms with Crippen LogP contribution >= 0.6 is 11.6 Å². The number of morpholine rings is 1. The highest BCUT2D eigenvalue weighted by molar-refractivity contribution is 6.30. The molecule has 1 atom stereocenters. The summed E-state index contributed by atoms with van der Waals surface area (Å²) in [5.74, 6) is -0.716. The van der Waals surface area contributed by atoms with Crippen molar-refractivity contribution in [3.63, 3.8) is 0 Å². The van der Waals surface area contributed by atoms with Gasteiger partial charge in [-0.1, -0.05) is 11.6 Å². The number of rotatable bonds is 4. The topological polar surface area (TPSA) is 87.4 Å². The average molecular weight is 487 g/mol. The van der Waals surface area contributed by atoms with E-state index in [-0.39, 0.29) is 24.6 Å². The third-order valence-corrected chi connectivity index (χ3v) is 6.62. The van der Waals surface area contributed by atoms with Crippen molar-refractivity contribution < 1.29 is 23.8 Å². The molecule has 4 heterocycles. The van der Waals surface area contributed by atoms with E-state index in [2.05, 4.69) is 4.98 Å². The molecule has 8 nitrogen and oxygen atoms in total. The van der Waals surface area contributed by atoms with Gasteiger partial charge < -0.3 is 24.0 Å². The van der Waals surface area contributed by atoms with E-state index in [0.29, 0.717) is 53.7 Å². The van der Waals surface area contributed by atoms with Crippen molar-refractivity contribution in [2.75, 3.05) is 32.8 Å². The Balaban J connectivity index is 1.51. The predicted octanol–water partition coefficient (Wildman–Crippen LogP) is 3.95. The number of benzene rings is 1. The molecule has 3 aromatic rings. The molecule has 2 aliphatic heterocycles. The molecular weight excluding hydrogens is 463 g/mol. The van der Waals surface area contributed by atoms with Crippen LogP contribution in [-0.2, 0) is 11.2 Å². The van der Waals surface area contributed by atoms with Gasteiger partial charge in [0.1, 0.15) is 11.5 Å². The van der Waals surface area contributed by atoms with Crippen LogP contribution < -0.4 is 0 Å². The standard InChI is InChI=1S/C24H24ClFN4O4/c25-16-5-8-30-20(13-17-14-29(24(32)33)9-10-34-17)22(27-21(30)12-16)18-4-3-15(11-19(18)26)23(31)28-6-1-2-7-28/h3-5,8,11-12,17H,1-2,6-7,9-10,13-14H2,(H,32,33). The Kier molecular flexibility index (Phi) is 6.14. The molecule has 5 rings (SSSR count). The number of ether oxygens (including phenoxy) is 1. The molecule has 1 N–H and O–H groups in total. The van der Waals surface area contributed by atoms with Crippen molar-refractivity contribution >= 4 is 29.2 Å². The minimum atomic E-state index is -0.997. The van der Waals surface area contributed by atoms with Crippen LogP contribution in [-0.4, -0.2) is 75.2 Å². The van der Waals surface area contributed by atoms with E-state index < -0.39 is 18.0 Å². The molecule has 178 valence electrons. The molecule has 10 heteroatoms. The van der Waals surface area contributed by atoms with Crippen LogP contribution in [0.5, 0.6) is 0 Å². The second kappa shape index (κ2) is 9.23. The molecule has 0 radical (unpaired) electrons. The lowest BCUT2D eigenvalue weighted by atomic mass is 10.0. The number of carbonyl (C=O) groups is 2. The summed E-state index contributed by atoms with van der Waals surface area (Å²) in [5.41, 5.74) is 2.21. The van der Waals surface area contributed by atoms with Gasteiger partial charge in [0.25, 0.3) is 5.91 Å². The number of likely N-dealkylation sites (tertiary alicyclic amines) is 1. The number of carbonyl (C=O) groups excluding carboxylic acids is 1. The molecule has 2 amide bonds. The van der Waals surface area contributed by atoms with Crippen molar-refractivity contribution in [1.29, 1.82) is 0 Å². The Bertz CT molecular complexity index is 1260. The second-order valence-electron chi connectivity index (χ2n) is 8.60. The van der Waals surface area contributed by atoms with Crippen LogP contribution in [0.2, 0.25) is 5.02 Å². The van der Waals surface area contributed by atoms with E-state index >= 15 is 4.39 Å². The molecule has 0 saturated carbocycles. The normalized spacial score (nSPS) is 18.6. The Morgan fingerprint density at radius 3 is 2.68 bits per heavy atom. The Morgan fingerprint density at radius 1 is 1.15 bits per heavy atom. The van der Waals surface area contributed by atoms with Gasteiger partial charge in [-0.3, -0.25) is 4.79 Å². The first-order chi connectivity index (χ1) is 16.4. The molecule has 2 aromatic heterocycles. The van der Waals surface area contributed by atoms with Gasteiger partial charge in [-0.15, -0.1) is 0 Å². The van der Waals surface area contributed by atoms with Gasteiger partial charge in [-0.2, -0.15) is 0 Å². The third kappa shape index (κ3) is 4.33. The first-order valence-corrected chi connectivity index (χ1v) is 11.6. The third-order valence-electron chi connectivity index (χ3n) is 6.38. The molecule has 34 heavy (non-hydrogen) atoms. The lowest BCUT2D eigenvalue weighted by Crippen LogP contribution is -2.45. The van der Waals surface area contributed by atoms with Gasteiger partial charge in [0, 0.05) is 54.5 Å². The van der Waals surface area contributed by atoms with Gasteiger partial charge >= 0.3 is 6.09 Å². The summed E-state index contributed by atoms with van der Waals surface area (Å²) in [5, 5.41) is 9.85. The number of hydrogen-bond acceptors (Lipinski definition) is 4. The summed E-state index contributed by atoms with van der Waals surface area (Å²) in [6.07, 6.45) is 2.60. The van der Waals surface area contributed by atoms with Crippen molar-refractivity contribution in [3.05, 3.63) is 58.6 Å². The second-order valence-corrected chi connectivity index (χ2v) is 9.04. The number of imidazole rings is 1. The molecule has 1 unspecified atom stereocenters. The van der Waals surface area contributed by atoms with Crippen LogP contribution in [0, 0.1) is 5.82 Å². The lowest BCUT2D eigenvalue weighted by molar-refractivity contribution is -0.0214. The van der Waals surface area contributed by atoms with Gasteiger partial charge in [-0.25, -0.2) is 14.2 Å². The van der Waals surface area contributed by atoms with Gasteiger partial charge in [0.05, 0.1) is 30.6 Å². The van der Waals surface area contributed by atoms with E-state index in [9.17, 15) is 14.7 Å². The quantitative estimate of drug-likeness (QED) is 0.603. The maximum atomic E-state index is 15.4. The van der Waals surface area contributed by atoms with Crippen molar-refractivity contribution in [2.24, 2.45) is 0 Å². The maximum absolute atomic E-state index is 15.4. The SMILES string of the molecule is O=C(O)N1CCOC(Cc2c(-c3ccc(C(=O)N4CCCC4)cc3F)nc3cc(Cl)ccn23)C1. The molecule has 0 bridgehead atoms. The van der Waals surface area contributed by atoms with E-state index in [1.54, 1.807) is 35.4 Å². The number of carboxylic acid groups (broad SMARTS) is 1. The Morgan fingerprint density at radius 2 is 1.94 bits per heavy atom. The number of amides is 2. The zero-order valence-corrected chi connectivity index (χ0v) is 19.2. The fourth-order valence-electron chi connectivity index (χ4n) is 4.66. The maximum Gasteiger partial charge on any atom is 0.407 e. The molecule has 0 spiro atoms. The number of fused-ring (bicyclic) bond motifs is 1. The van der Waals surface area contributed by atoms with Crippen LogP contribution in [0.15, 0.2) is 36.5 Å². The molecule has 2 saturated heterocycles. The molecule has 1 aromatic carbocycles. The fourth-order valence-corrected chi connectivity index (χ4v) is 4.81. The monoisotopic (exact) mass is 486 g/mol. The summed E-state index contributed by atoms with van der Waals surface area (Å²) < 4.78 is 23.0. The van der Waals surface area contributed by atoms with E-state index in [4.69, 9.17) is 16.3 Å². The summed E-state index contributed by atoms with van der Waals surface area (Å²) in [6, 6.07) is 7.87. The minimum Gasteiger partial charge on any atom is -0.465 e. The number of halogens is 2. The van der Waals surface area contributed by atoms with E-state index in [1.165, 1.54) is 11.0 Å². The first-order valence-electron chi connectivity index (χ1n) is 11.3. The van der Waals surface area contributed by atoms with Crippen molar-refractivity contribution in [3.8, 4) is 11.3 Å². The molecular formula is C24H24ClFN4O4. The summed E-state index contributed by atoms with van der Waals surface area (Å²) in [4.78, 5) is 31.8. The van der Waals surface area contributed by atoms with Crippen LogP contribution in [0.1, 0.15) is 28.9 Å². The number of aromatic nitrogens is 2. The largest absolute Gasteiger partial charge is 0.465 e. The summed E-state index contributed by atoms with van der Waals surface area (Å²) >= 11 is 6.16. The lowest BCUT2D eigenvalue weighted by Gasteiger charge is -2.31. The van der Waals surface area contributed by atoms with E-state index in [0.717, 1.165) is 12.8 Å². The van der Waals surface area contributed by atoms with E-state index in [1.807, 2.05) is 4.40 Å². The highest BCUT2D eigenvalue weighted by atomic mass is 35.5.